The molecule has 6 nitrogen and oxygen atoms in total. The van der Waals surface area contributed by atoms with E-state index in [0.717, 1.165) is 21.0 Å². The van der Waals surface area contributed by atoms with Crippen LogP contribution < -0.4 is 14.4 Å². The number of nitrogens with zero attached hydrogens (tertiary/aromatic N) is 1. The fraction of sp³-hybridized carbons (Fsp3) is 0.240. The van der Waals surface area contributed by atoms with Crippen molar-refractivity contribution in [3.63, 3.8) is 0 Å². The minimum Gasteiger partial charge on any atom is -0.494 e. The normalized spacial score (nSPS) is 11.1. The van der Waals surface area contributed by atoms with E-state index < -0.39 is 15.9 Å². The van der Waals surface area contributed by atoms with Crippen LogP contribution in [0.3, 0.4) is 0 Å². The number of nitrogens with one attached hydrogen (secondary N) is 1. The van der Waals surface area contributed by atoms with Gasteiger partial charge in [-0.2, -0.15) is 0 Å². The molecule has 0 aromatic heterocycles. The number of rotatable bonds is 9. The summed E-state index contributed by atoms with van der Waals surface area (Å²) in [6.45, 7) is 6.25. The third kappa shape index (κ3) is 5.88. The summed E-state index contributed by atoms with van der Waals surface area (Å²) in [5.74, 6) is 0.239. The van der Waals surface area contributed by atoms with Crippen LogP contribution in [-0.2, 0) is 21.4 Å². The van der Waals surface area contributed by atoms with E-state index in [4.69, 9.17) is 4.74 Å². The molecule has 0 unspecified atom stereocenters. The second-order valence-electron chi connectivity index (χ2n) is 7.51. The summed E-state index contributed by atoms with van der Waals surface area (Å²) in [6, 6.07) is 21.1. The SMILES string of the molecule is CCOc1ccc(N(CC(=O)NCc2ccc(C)cc2)S(=O)(=O)c2ccc(C)cc2)cc1. The molecule has 7 heteroatoms. The first kappa shape index (κ1) is 23.3. The molecule has 3 aromatic carbocycles. The van der Waals surface area contributed by atoms with Crippen LogP contribution >= 0.6 is 0 Å². The predicted molar refractivity (Wildman–Crippen MR) is 126 cm³/mol. The van der Waals surface area contributed by atoms with Gasteiger partial charge >= 0.3 is 0 Å². The highest BCUT2D eigenvalue weighted by Crippen LogP contribution is 2.26. The Labute approximate surface area is 189 Å². The summed E-state index contributed by atoms with van der Waals surface area (Å²) in [6.07, 6.45) is 0. The molecule has 0 aliphatic heterocycles. The third-order valence-corrected chi connectivity index (χ3v) is 6.73. The largest absolute Gasteiger partial charge is 0.494 e. The molecule has 0 fully saturated rings. The molecule has 1 amide bonds. The van der Waals surface area contributed by atoms with Crippen molar-refractivity contribution < 1.29 is 17.9 Å². The molecule has 0 heterocycles. The quantitative estimate of drug-likeness (QED) is 0.528. The number of amides is 1. The Hall–Kier alpha value is -3.32. The predicted octanol–water partition coefficient (Wildman–Crippen LogP) is 4.21. The van der Waals surface area contributed by atoms with E-state index in [2.05, 4.69) is 5.32 Å². The van der Waals surface area contributed by atoms with Gasteiger partial charge in [0, 0.05) is 6.54 Å². The monoisotopic (exact) mass is 452 g/mol. The van der Waals surface area contributed by atoms with E-state index in [9.17, 15) is 13.2 Å². The minimum atomic E-state index is -3.95. The summed E-state index contributed by atoms with van der Waals surface area (Å²) in [5, 5.41) is 2.81. The lowest BCUT2D eigenvalue weighted by Gasteiger charge is -2.24. The number of carbonyl (C=O) groups is 1. The van der Waals surface area contributed by atoms with Crippen molar-refractivity contribution in [2.45, 2.75) is 32.2 Å². The number of benzene rings is 3. The van der Waals surface area contributed by atoms with Crippen molar-refractivity contribution in [2.24, 2.45) is 0 Å². The Kier molecular flexibility index (Phi) is 7.53. The number of ether oxygens (including phenoxy) is 1. The van der Waals surface area contributed by atoms with Crippen molar-refractivity contribution in [2.75, 3.05) is 17.5 Å². The summed E-state index contributed by atoms with van der Waals surface area (Å²) >= 11 is 0. The van der Waals surface area contributed by atoms with Crippen LogP contribution in [0.2, 0.25) is 0 Å². The molecule has 3 rings (SSSR count). The highest BCUT2D eigenvalue weighted by molar-refractivity contribution is 7.92. The van der Waals surface area contributed by atoms with Crippen molar-refractivity contribution >= 4 is 21.6 Å². The van der Waals surface area contributed by atoms with Crippen molar-refractivity contribution in [1.82, 2.24) is 5.32 Å². The summed E-state index contributed by atoms with van der Waals surface area (Å²) in [4.78, 5) is 12.9. The number of sulfonamides is 1. The Morgan fingerprint density at radius 2 is 1.44 bits per heavy atom. The van der Waals surface area contributed by atoms with Crippen LogP contribution in [0.1, 0.15) is 23.6 Å². The zero-order valence-electron chi connectivity index (χ0n) is 18.5. The topological polar surface area (TPSA) is 75.7 Å². The van der Waals surface area contributed by atoms with Gasteiger partial charge < -0.3 is 10.1 Å². The summed E-state index contributed by atoms with van der Waals surface area (Å²) < 4.78 is 33.4. The highest BCUT2D eigenvalue weighted by Gasteiger charge is 2.27. The maximum Gasteiger partial charge on any atom is 0.264 e. The maximum atomic E-state index is 13.4. The van der Waals surface area contributed by atoms with Gasteiger partial charge in [0.05, 0.1) is 17.2 Å². The third-order valence-electron chi connectivity index (χ3n) is 4.94. The van der Waals surface area contributed by atoms with Crippen LogP contribution in [0.4, 0.5) is 5.69 Å². The molecule has 0 aliphatic carbocycles. The molecule has 0 aliphatic rings. The second kappa shape index (κ2) is 10.3. The molecular weight excluding hydrogens is 424 g/mol. The molecule has 0 saturated carbocycles. The zero-order chi connectivity index (χ0) is 23.1. The van der Waals surface area contributed by atoms with Crippen molar-refractivity contribution in [1.29, 1.82) is 0 Å². The van der Waals surface area contributed by atoms with Gasteiger partial charge in [-0.1, -0.05) is 47.5 Å². The first-order valence-electron chi connectivity index (χ1n) is 10.4. The van der Waals surface area contributed by atoms with Crippen molar-refractivity contribution in [3.05, 3.63) is 89.5 Å². The standard InChI is InChI=1S/C25H28N2O4S/c1-4-31-23-13-11-22(12-14-23)27(32(29,30)24-15-7-20(3)8-16-24)18-25(28)26-17-21-9-5-19(2)6-10-21/h5-16H,4,17-18H2,1-3H3,(H,26,28). The van der Waals surface area contributed by atoms with E-state index in [0.29, 0.717) is 24.6 Å². The van der Waals surface area contributed by atoms with E-state index in [-0.39, 0.29) is 11.4 Å². The average Bonchev–Trinajstić information content (AvgIpc) is 2.78. The summed E-state index contributed by atoms with van der Waals surface area (Å²) in [7, 11) is -3.95. The fourth-order valence-corrected chi connectivity index (χ4v) is 4.54. The van der Waals surface area contributed by atoms with Crippen molar-refractivity contribution in [3.8, 4) is 5.75 Å². The lowest BCUT2D eigenvalue weighted by atomic mass is 10.1. The van der Waals surface area contributed by atoms with Gasteiger partial charge in [0.1, 0.15) is 12.3 Å². The molecule has 0 spiro atoms. The molecule has 0 radical (unpaired) electrons. The Morgan fingerprint density at radius 3 is 2.00 bits per heavy atom. The van der Waals surface area contributed by atoms with Crippen LogP contribution in [-0.4, -0.2) is 27.5 Å². The van der Waals surface area contributed by atoms with Gasteiger partial charge in [-0.15, -0.1) is 0 Å². The van der Waals surface area contributed by atoms with Gasteiger partial charge in [0.25, 0.3) is 10.0 Å². The van der Waals surface area contributed by atoms with Gasteiger partial charge in [-0.05, 0) is 62.7 Å². The number of hydrogen-bond acceptors (Lipinski definition) is 4. The fourth-order valence-electron chi connectivity index (χ4n) is 3.12. The first-order valence-corrected chi connectivity index (χ1v) is 11.9. The first-order chi connectivity index (χ1) is 15.3. The molecule has 0 saturated heterocycles. The minimum absolute atomic E-state index is 0.128. The van der Waals surface area contributed by atoms with Gasteiger partial charge in [0.15, 0.2) is 0 Å². The van der Waals surface area contributed by atoms with E-state index in [1.807, 2.05) is 45.0 Å². The molecule has 168 valence electrons. The molecule has 1 N–H and O–H groups in total. The number of anilines is 1. The zero-order valence-corrected chi connectivity index (χ0v) is 19.4. The lowest BCUT2D eigenvalue weighted by Crippen LogP contribution is -2.40. The van der Waals surface area contributed by atoms with Crippen LogP contribution in [0.25, 0.3) is 0 Å². The van der Waals surface area contributed by atoms with E-state index >= 15 is 0 Å². The van der Waals surface area contributed by atoms with Crippen LogP contribution in [0.5, 0.6) is 5.75 Å². The lowest BCUT2D eigenvalue weighted by molar-refractivity contribution is -0.119. The van der Waals surface area contributed by atoms with Gasteiger partial charge in [0.2, 0.25) is 5.91 Å². The second-order valence-corrected chi connectivity index (χ2v) is 9.38. The number of hydrogen-bond donors (Lipinski definition) is 1. The van der Waals surface area contributed by atoms with E-state index in [1.165, 1.54) is 0 Å². The Bertz CT molecular complexity index is 1140. The number of aryl methyl sites for hydroxylation is 2. The molecule has 0 bridgehead atoms. The Balaban J connectivity index is 1.84. The highest BCUT2D eigenvalue weighted by atomic mass is 32.2. The van der Waals surface area contributed by atoms with Crippen LogP contribution in [0, 0.1) is 13.8 Å². The average molecular weight is 453 g/mol. The van der Waals surface area contributed by atoms with Gasteiger partial charge in [-0.3, -0.25) is 9.10 Å². The molecular formula is C25H28N2O4S. The molecule has 32 heavy (non-hydrogen) atoms. The molecule has 3 aromatic rings. The van der Waals surface area contributed by atoms with E-state index in [1.54, 1.807) is 48.5 Å². The maximum absolute atomic E-state index is 13.4. The molecule has 0 atom stereocenters. The summed E-state index contributed by atoms with van der Waals surface area (Å²) in [5.41, 5.74) is 3.41. The smallest absolute Gasteiger partial charge is 0.264 e. The van der Waals surface area contributed by atoms with Gasteiger partial charge in [-0.25, -0.2) is 8.42 Å². The Morgan fingerprint density at radius 1 is 0.875 bits per heavy atom. The number of carbonyl (C=O) groups excluding carboxylic acids is 1. The van der Waals surface area contributed by atoms with Crippen LogP contribution in [0.15, 0.2) is 77.7 Å².